The molecule has 3 aromatic heterocycles. The van der Waals surface area contributed by atoms with Crippen LogP contribution in [-0.2, 0) is 0 Å². The Morgan fingerprint density at radius 2 is 1.02 bits per heavy atom. The van der Waals surface area contributed by atoms with E-state index in [1.807, 2.05) is 60.7 Å². The maximum absolute atomic E-state index is 6.44. The SMILES string of the molecule is c1ccc(-c2nc3ccc4oc5cc(-c6ccc(N(c7ccc(-c8cccc9ccccc89)cc7)c7cccc8oc9ccccc9c78)cc6)ccc5c4c3o2)cc1. The Bertz CT molecular complexity index is 3500. The first kappa shape index (κ1) is 32.4. The molecule has 0 aliphatic carbocycles. The second kappa shape index (κ2) is 12.8. The molecule has 12 rings (SSSR count). The molecule has 3 heterocycles. The fourth-order valence-corrected chi connectivity index (χ4v) is 8.57. The summed E-state index contributed by atoms with van der Waals surface area (Å²) >= 11 is 0. The fourth-order valence-electron chi connectivity index (χ4n) is 8.57. The third-order valence-electron chi connectivity index (χ3n) is 11.3. The van der Waals surface area contributed by atoms with Crippen LogP contribution in [0.15, 0.2) is 207 Å². The summed E-state index contributed by atoms with van der Waals surface area (Å²) in [5.41, 5.74) is 13.4. The molecule has 0 aliphatic heterocycles. The van der Waals surface area contributed by atoms with Gasteiger partial charge in [-0.25, -0.2) is 4.98 Å². The van der Waals surface area contributed by atoms with Crippen molar-refractivity contribution in [1.29, 1.82) is 0 Å². The minimum atomic E-state index is 0.598. The Balaban J connectivity index is 0.954. The van der Waals surface area contributed by atoms with Crippen molar-refractivity contribution in [3.05, 3.63) is 194 Å². The van der Waals surface area contributed by atoms with Gasteiger partial charge in [-0.05, 0) is 112 Å². The Labute approximate surface area is 332 Å². The molecular weight excluding hydrogens is 713 g/mol. The van der Waals surface area contributed by atoms with Gasteiger partial charge in [-0.2, -0.15) is 0 Å². The van der Waals surface area contributed by atoms with Crippen molar-refractivity contribution < 1.29 is 13.3 Å². The molecule has 0 fully saturated rings. The van der Waals surface area contributed by atoms with Gasteiger partial charge in [0, 0.05) is 27.7 Å². The predicted molar refractivity (Wildman–Crippen MR) is 237 cm³/mol. The van der Waals surface area contributed by atoms with Crippen LogP contribution in [0, 0.1) is 0 Å². The van der Waals surface area contributed by atoms with Crippen molar-refractivity contribution in [3.8, 4) is 33.7 Å². The fraction of sp³-hybridized carbons (Fsp3) is 0. The zero-order valence-electron chi connectivity index (χ0n) is 31.1. The standard InChI is InChI=1S/C53H32N2O3/c1-2-11-36(12-3-1)53-54-44-30-31-48-51(52(44)58-53)43-29-24-37(32-49(43)57-48)33-20-25-38(26-21-33)55(45-17-9-19-47-50(45)42-15-6-7-18-46(42)56-47)39-27-22-35(23-28-39)41-16-8-13-34-10-4-5-14-40(34)41/h1-32H. The number of oxazole rings is 1. The third kappa shape index (κ3) is 5.14. The first-order valence-electron chi connectivity index (χ1n) is 19.4. The van der Waals surface area contributed by atoms with E-state index >= 15 is 0 Å². The van der Waals surface area contributed by atoms with Crippen LogP contribution in [0.4, 0.5) is 17.1 Å². The zero-order chi connectivity index (χ0) is 38.2. The molecule has 0 spiro atoms. The molecule has 5 heteroatoms. The second-order valence-corrected chi connectivity index (χ2v) is 14.7. The lowest BCUT2D eigenvalue weighted by Gasteiger charge is -2.26. The van der Waals surface area contributed by atoms with Crippen molar-refractivity contribution in [2.75, 3.05) is 4.90 Å². The Hall–Kier alpha value is -7.89. The highest BCUT2D eigenvalue weighted by Gasteiger charge is 2.21. The Kier molecular flexibility index (Phi) is 7.16. The first-order valence-corrected chi connectivity index (χ1v) is 19.4. The molecule has 0 unspecified atom stereocenters. The molecule has 0 saturated heterocycles. The lowest BCUT2D eigenvalue weighted by Crippen LogP contribution is -2.10. The van der Waals surface area contributed by atoms with Crippen molar-refractivity contribution >= 4 is 82.8 Å². The first-order chi connectivity index (χ1) is 28.7. The van der Waals surface area contributed by atoms with Crippen molar-refractivity contribution in [2.24, 2.45) is 0 Å². The molecule has 0 radical (unpaired) electrons. The Morgan fingerprint density at radius 3 is 1.86 bits per heavy atom. The number of hydrogen-bond acceptors (Lipinski definition) is 5. The number of nitrogens with zero attached hydrogens (tertiary/aromatic N) is 2. The number of anilines is 3. The molecule has 0 aliphatic rings. The molecule has 272 valence electrons. The summed E-state index contributed by atoms with van der Waals surface area (Å²) in [7, 11) is 0. The third-order valence-corrected chi connectivity index (χ3v) is 11.3. The number of aromatic nitrogens is 1. The van der Waals surface area contributed by atoms with Gasteiger partial charge >= 0.3 is 0 Å². The van der Waals surface area contributed by atoms with E-state index in [4.69, 9.17) is 18.2 Å². The van der Waals surface area contributed by atoms with Crippen molar-refractivity contribution in [1.82, 2.24) is 4.98 Å². The van der Waals surface area contributed by atoms with E-state index in [0.29, 0.717) is 5.89 Å². The minimum absolute atomic E-state index is 0.598. The molecular formula is C53H32N2O3. The number of furan rings is 2. The highest BCUT2D eigenvalue weighted by molar-refractivity contribution is 6.17. The number of rotatable bonds is 6. The van der Waals surface area contributed by atoms with Gasteiger partial charge in [0.1, 0.15) is 27.8 Å². The summed E-state index contributed by atoms with van der Waals surface area (Å²) in [6, 6.07) is 67.6. The molecule has 0 bridgehead atoms. The average Bonchev–Trinajstić information content (AvgIpc) is 4.01. The van der Waals surface area contributed by atoms with Crippen LogP contribution in [0.5, 0.6) is 0 Å². The molecule has 5 nitrogen and oxygen atoms in total. The van der Waals surface area contributed by atoms with E-state index in [1.54, 1.807) is 0 Å². The normalized spacial score (nSPS) is 11.8. The second-order valence-electron chi connectivity index (χ2n) is 14.7. The lowest BCUT2D eigenvalue weighted by molar-refractivity contribution is 0.622. The number of para-hydroxylation sites is 1. The summed E-state index contributed by atoms with van der Waals surface area (Å²) < 4.78 is 19.2. The highest BCUT2D eigenvalue weighted by Crippen LogP contribution is 2.44. The van der Waals surface area contributed by atoms with E-state index in [9.17, 15) is 0 Å². The van der Waals surface area contributed by atoms with E-state index in [2.05, 4.69) is 138 Å². The van der Waals surface area contributed by atoms with Gasteiger partial charge in [0.25, 0.3) is 0 Å². The highest BCUT2D eigenvalue weighted by atomic mass is 16.4. The minimum Gasteiger partial charge on any atom is -0.456 e. The van der Waals surface area contributed by atoms with Crippen LogP contribution in [0.25, 0.3) is 99.5 Å². The molecule has 0 amide bonds. The average molecular weight is 745 g/mol. The van der Waals surface area contributed by atoms with Crippen molar-refractivity contribution in [2.45, 2.75) is 0 Å². The van der Waals surface area contributed by atoms with Crippen molar-refractivity contribution in [3.63, 3.8) is 0 Å². The molecule has 58 heavy (non-hydrogen) atoms. The summed E-state index contributed by atoms with van der Waals surface area (Å²) in [4.78, 5) is 7.12. The van der Waals surface area contributed by atoms with Gasteiger partial charge in [-0.1, -0.05) is 115 Å². The van der Waals surface area contributed by atoms with E-state index in [0.717, 1.165) is 88.7 Å². The van der Waals surface area contributed by atoms with Gasteiger partial charge in [-0.15, -0.1) is 0 Å². The van der Waals surface area contributed by atoms with Crippen LogP contribution in [0.1, 0.15) is 0 Å². The number of benzene rings is 9. The molecule has 0 N–H and O–H groups in total. The topological polar surface area (TPSA) is 55.6 Å². The smallest absolute Gasteiger partial charge is 0.227 e. The summed E-state index contributed by atoms with van der Waals surface area (Å²) in [5, 5.41) is 6.56. The summed E-state index contributed by atoms with van der Waals surface area (Å²) in [6.07, 6.45) is 0. The molecule has 9 aromatic carbocycles. The largest absolute Gasteiger partial charge is 0.456 e. The number of hydrogen-bond donors (Lipinski definition) is 0. The quantitative estimate of drug-likeness (QED) is 0.170. The van der Waals surface area contributed by atoms with E-state index in [-0.39, 0.29) is 0 Å². The zero-order valence-corrected chi connectivity index (χ0v) is 31.1. The monoisotopic (exact) mass is 744 g/mol. The van der Waals surface area contributed by atoms with E-state index < -0.39 is 0 Å². The van der Waals surface area contributed by atoms with Gasteiger partial charge in [0.05, 0.1) is 16.5 Å². The summed E-state index contributed by atoms with van der Waals surface area (Å²) in [5.74, 6) is 0.598. The van der Waals surface area contributed by atoms with Crippen LogP contribution in [0.2, 0.25) is 0 Å². The van der Waals surface area contributed by atoms with Gasteiger partial charge < -0.3 is 18.2 Å². The summed E-state index contributed by atoms with van der Waals surface area (Å²) in [6.45, 7) is 0. The van der Waals surface area contributed by atoms with Crippen LogP contribution < -0.4 is 4.90 Å². The van der Waals surface area contributed by atoms with Gasteiger partial charge in [0.15, 0.2) is 5.58 Å². The van der Waals surface area contributed by atoms with E-state index in [1.165, 1.54) is 21.9 Å². The molecule has 0 saturated carbocycles. The van der Waals surface area contributed by atoms with Gasteiger partial charge in [0.2, 0.25) is 5.89 Å². The lowest BCUT2D eigenvalue weighted by atomic mass is 9.98. The van der Waals surface area contributed by atoms with Gasteiger partial charge in [-0.3, -0.25) is 0 Å². The molecule has 0 atom stereocenters. The van der Waals surface area contributed by atoms with Crippen LogP contribution >= 0.6 is 0 Å². The van der Waals surface area contributed by atoms with Crippen LogP contribution in [0.3, 0.4) is 0 Å². The number of fused-ring (bicyclic) bond motifs is 9. The maximum Gasteiger partial charge on any atom is 0.227 e. The molecule has 12 aromatic rings. The van der Waals surface area contributed by atoms with Crippen LogP contribution in [-0.4, -0.2) is 4.98 Å². The predicted octanol–water partition coefficient (Wildman–Crippen LogP) is 15.3. The maximum atomic E-state index is 6.44. The Morgan fingerprint density at radius 1 is 0.379 bits per heavy atom.